The van der Waals surface area contributed by atoms with Gasteiger partial charge >= 0.3 is 0 Å². The summed E-state index contributed by atoms with van der Waals surface area (Å²) in [5.74, 6) is 1.55. The van der Waals surface area contributed by atoms with E-state index in [1.807, 2.05) is 43.4 Å². The molecule has 1 N–H and O–H groups in total. The summed E-state index contributed by atoms with van der Waals surface area (Å²) in [6.45, 7) is 0.772. The molecule has 24 heavy (non-hydrogen) atoms. The van der Waals surface area contributed by atoms with Crippen LogP contribution >= 0.6 is 0 Å². The van der Waals surface area contributed by atoms with Gasteiger partial charge in [0.15, 0.2) is 0 Å². The first kappa shape index (κ1) is 15.5. The smallest absolute Gasteiger partial charge is 0.135 e. The number of nitrogens with one attached hydrogen (secondary N) is 1. The molecule has 0 saturated heterocycles. The molecule has 0 radical (unpaired) electrons. The highest BCUT2D eigenvalue weighted by molar-refractivity contribution is 5.60. The van der Waals surface area contributed by atoms with E-state index in [1.165, 1.54) is 5.56 Å². The van der Waals surface area contributed by atoms with E-state index in [1.54, 1.807) is 18.5 Å². The SMILES string of the molecule is CN(Cc1ccccc1)c1cc(Nc2ccc(C#N)cc2)ncn1. The van der Waals surface area contributed by atoms with Crippen molar-refractivity contribution in [1.82, 2.24) is 9.97 Å². The van der Waals surface area contributed by atoms with Crippen LogP contribution in [-0.4, -0.2) is 17.0 Å². The largest absolute Gasteiger partial charge is 0.355 e. The molecule has 0 bridgehead atoms. The van der Waals surface area contributed by atoms with E-state index in [0.29, 0.717) is 11.4 Å². The highest BCUT2D eigenvalue weighted by atomic mass is 15.2. The van der Waals surface area contributed by atoms with Crippen LogP contribution < -0.4 is 10.2 Å². The lowest BCUT2D eigenvalue weighted by Crippen LogP contribution is -2.17. The molecule has 0 amide bonds. The summed E-state index contributed by atoms with van der Waals surface area (Å²) in [5.41, 5.74) is 2.73. The maximum Gasteiger partial charge on any atom is 0.135 e. The van der Waals surface area contributed by atoms with Gasteiger partial charge in [-0.3, -0.25) is 0 Å². The topological polar surface area (TPSA) is 64.8 Å². The fourth-order valence-electron chi connectivity index (χ4n) is 2.34. The van der Waals surface area contributed by atoms with Crippen molar-refractivity contribution in [1.29, 1.82) is 5.26 Å². The summed E-state index contributed by atoms with van der Waals surface area (Å²) in [6, 6.07) is 21.5. The first-order valence-corrected chi connectivity index (χ1v) is 7.59. The summed E-state index contributed by atoms with van der Waals surface area (Å²) >= 11 is 0. The lowest BCUT2D eigenvalue weighted by atomic mass is 10.2. The molecule has 2 aromatic carbocycles. The van der Waals surface area contributed by atoms with Gasteiger partial charge in [0.2, 0.25) is 0 Å². The maximum atomic E-state index is 8.84. The van der Waals surface area contributed by atoms with Crippen molar-refractivity contribution in [3.63, 3.8) is 0 Å². The third-order valence-corrected chi connectivity index (χ3v) is 3.59. The predicted octanol–water partition coefficient (Wildman–Crippen LogP) is 3.73. The van der Waals surface area contributed by atoms with Crippen molar-refractivity contribution in [3.8, 4) is 6.07 Å². The Kier molecular flexibility index (Phi) is 4.68. The molecule has 0 aliphatic rings. The van der Waals surface area contributed by atoms with Crippen molar-refractivity contribution < 1.29 is 0 Å². The highest BCUT2D eigenvalue weighted by Crippen LogP contribution is 2.19. The van der Waals surface area contributed by atoms with Gasteiger partial charge in [0.1, 0.15) is 18.0 Å². The van der Waals surface area contributed by atoms with Gasteiger partial charge in [-0.1, -0.05) is 30.3 Å². The summed E-state index contributed by atoms with van der Waals surface area (Å²) in [7, 11) is 2.00. The Morgan fingerprint density at radius 3 is 2.50 bits per heavy atom. The number of rotatable bonds is 5. The molecule has 5 heteroatoms. The summed E-state index contributed by atoms with van der Waals surface area (Å²) < 4.78 is 0. The molecular formula is C19H17N5. The van der Waals surface area contributed by atoms with Crippen LogP contribution in [0, 0.1) is 11.3 Å². The number of anilines is 3. The Morgan fingerprint density at radius 1 is 1.04 bits per heavy atom. The average Bonchev–Trinajstić information content (AvgIpc) is 2.63. The molecule has 1 aromatic heterocycles. The first-order valence-electron chi connectivity index (χ1n) is 7.59. The van der Waals surface area contributed by atoms with Gasteiger partial charge in [-0.2, -0.15) is 5.26 Å². The number of nitriles is 1. The Hall–Kier alpha value is -3.39. The van der Waals surface area contributed by atoms with Gasteiger partial charge in [-0.25, -0.2) is 9.97 Å². The van der Waals surface area contributed by atoms with Crippen LogP contribution in [0.2, 0.25) is 0 Å². The van der Waals surface area contributed by atoms with Crippen LogP contribution in [0.25, 0.3) is 0 Å². The summed E-state index contributed by atoms with van der Waals surface area (Å²) in [5, 5.41) is 12.1. The van der Waals surface area contributed by atoms with Gasteiger partial charge in [-0.05, 0) is 29.8 Å². The minimum Gasteiger partial charge on any atom is -0.355 e. The van der Waals surface area contributed by atoms with E-state index in [2.05, 4.69) is 38.4 Å². The van der Waals surface area contributed by atoms with Crippen LogP contribution in [-0.2, 0) is 6.54 Å². The van der Waals surface area contributed by atoms with Gasteiger partial charge in [0.25, 0.3) is 0 Å². The van der Waals surface area contributed by atoms with E-state index < -0.39 is 0 Å². The second kappa shape index (κ2) is 7.25. The van der Waals surface area contributed by atoms with Crippen molar-refractivity contribution in [2.24, 2.45) is 0 Å². The normalized spacial score (nSPS) is 10.0. The van der Waals surface area contributed by atoms with E-state index in [0.717, 1.165) is 18.1 Å². The minimum atomic E-state index is 0.631. The Morgan fingerprint density at radius 2 is 1.79 bits per heavy atom. The van der Waals surface area contributed by atoms with Crippen molar-refractivity contribution in [3.05, 3.63) is 78.1 Å². The van der Waals surface area contributed by atoms with Gasteiger partial charge in [0.05, 0.1) is 11.6 Å². The van der Waals surface area contributed by atoms with Gasteiger partial charge in [0, 0.05) is 25.3 Å². The molecule has 1 heterocycles. The van der Waals surface area contributed by atoms with E-state index in [9.17, 15) is 0 Å². The quantitative estimate of drug-likeness (QED) is 0.777. The highest BCUT2D eigenvalue weighted by Gasteiger charge is 2.06. The monoisotopic (exact) mass is 315 g/mol. The second-order valence-corrected chi connectivity index (χ2v) is 5.42. The minimum absolute atomic E-state index is 0.631. The molecule has 0 unspecified atom stereocenters. The molecule has 0 saturated carbocycles. The molecule has 3 rings (SSSR count). The molecule has 0 fully saturated rings. The maximum absolute atomic E-state index is 8.84. The standard InChI is InChI=1S/C19H17N5/c1-24(13-16-5-3-2-4-6-16)19-11-18(21-14-22-19)23-17-9-7-15(12-20)8-10-17/h2-11,14H,13H2,1H3,(H,21,22,23). The molecule has 0 aliphatic carbocycles. The lowest BCUT2D eigenvalue weighted by molar-refractivity contribution is 0.892. The molecule has 0 atom stereocenters. The average molecular weight is 315 g/mol. The molecule has 3 aromatic rings. The second-order valence-electron chi connectivity index (χ2n) is 5.42. The first-order chi connectivity index (χ1) is 11.7. The number of nitrogens with zero attached hydrogens (tertiary/aromatic N) is 4. The van der Waals surface area contributed by atoms with Crippen LogP contribution in [0.3, 0.4) is 0 Å². The lowest BCUT2D eigenvalue weighted by Gasteiger charge is -2.18. The predicted molar refractivity (Wildman–Crippen MR) is 95.0 cm³/mol. The molecule has 5 nitrogen and oxygen atoms in total. The molecule has 118 valence electrons. The number of benzene rings is 2. The van der Waals surface area contributed by atoms with Gasteiger partial charge in [-0.15, -0.1) is 0 Å². The van der Waals surface area contributed by atoms with Crippen LogP contribution in [0.4, 0.5) is 17.3 Å². The van der Waals surface area contributed by atoms with E-state index in [-0.39, 0.29) is 0 Å². The third-order valence-electron chi connectivity index (χ3n) is 3.59. The van der Waals surface area contributed by atoms with Crippen LogP contribution in [0.1, 0.15) is 11.1 Å². The Balaban J connectivity index is 1.72. The van der Waals surface area contributed by atoms with Gasteiger partial charge < -0.3 is 10.2 Å². The zero-order valence-electron chi connectivity index (χ0n) is 13.3. The Labute approximate surface area is 141 Å². The molecule has 0 spiro atoms. The number of hydrogen-bond acceptors (Lipinski definition) is 5. The molecular weight excluding hydrogens is 298 g/mol. The zero-order chi connectivity index (χ0) is 16.8. The van der Waals surface area contributed by atoms with Crippen LogP contribution in [0.15, 0.2) is 67.0 Å². The van der Waals surface area contributed by atoms with Crippen LogP contribution in [0.5, 0.6) is 0 Å². The number of aromatic nitrogens is 2. The van der Waals surface area contributed by atoms with Crippen molar-refractivity contribution in [2.45, 2.75) is 6.54 Å². The third kappa shape index (κ3) is 3.87. The summed E-state index contributed by atoms with van der Waals surface area (Å²) in [6.07, 6.45) is 1.54. The summed E-state index contributed by atoms with van der Waals surface area (Å²) in [4.78, 5) is 10.7. The zero-order valence-corrected chi connectivity index (χ0v) is 13.3. The van der Waals surface area contributed by atoms with E-state index >= 15 is 0 Å². The number of hydrogen-bond donors (Lipinski definition) is 1. The fraction of sp³-hybridized carbons (Fsp3) is 0.105. The Bertz CT molecular complexity index is 838. The fourth-order valence-corrected chi connectivity index (χ4v) is 2.34. The molecule has 0 aliphatic heterocycles. The van der Waals surface area contributed by atoms with Crippen molar-refractivity contribution >= 4 is 17.3 Å². The van der Waals surface area contributed by atoms with Crippen molar-refractivity contribution in [2.75, 3.05) is 17.3 Å². The van der Waals surface area contributed by atoms with E-state index in [4.69, 9.17) is 5.26 Å².